The van der Waals surface area contributed by atoms with Crippen LogP contribution in [0, 0.1) is 0 Å². The molecule has 0 aliphatic carbocycles. The van der Waals surface area contributed by atoms with Crippen LogP contribution in [0.15, 0.2) is 0 Å². The lowest BCUT2D eigenvalue weighted by atomic mass is 11.0. The summed E-state index contributed by atoms with van der Waals surface area (Å²) in [5.74, 6) is 1.53. The molecule has 0 bridgehead atoms. The first-order valence-electron chi connectivity index (χ1n) is 2.95. The summed E-state index contributed by atoms with van der Waals surface area (Å²) in [6.07, 6.45) is 0. The Bertz CT molecular complexity index is 83.6. The predicted octanol–water partition coefficient (Wildman–Crippen LogP) is 0.177. The zero-order valence-electron chi connectivity index (χ0n) is 5.77. The van der Waals surface area contributed by atoms with Crippen molar-refractivity contribution < 1.29 is 4.21 Å². The van der Waals surface area contributed by atoms with Gasteiger partial charge in [0.25, 0.3) is 0 Å². The SMILES string of the molecule is CC[SH](=O)(CC)NC. The van der Waals surface area contributed by atoms with Crippen LogP contribution in [-0.2, 0) is 10.1 Å². The van der Waals surface area contributed by atoms with Crippen LogP contribution in [0.25, 0.3) is 0 Å². The molecule has 0 amide bonds. The summed E-state index contributed by atoms with van der Waals surface area (Å²) >= 11 is 0. The topological polar surface area (TPSA) is 29.1 Å². The van der Waals surface area contributed by atoms with Crippen molar-refractivity contribution in [2.24, 2.45) is 0 Å². The fourth-order valence-electron chi connectivity index (χ4n) is 0.540. The van der Waals surface area contributed by atoms with Gasteiger partial charge in [0.05, 0.1) is 0 Å². The molecule has 3 heteroatoms. The Morgan fingerprint density at radius 2 is 1.75 bits per heavy atom. The van der Waals surface area contributed by atoms with Crippen molar-refractivity contribution in [3.05, 3.63) is 0 Å². The Labute approximate surface area is 52.2 Å². The van der Waals surface area contributed by atoms with Crippen LogP contribution in [0.1, 0.15) is 13.8 Å². The van der Waals surface area contributed by atoms with E-state index >= 15 is 0 Å². The quantitative estimate of drug-likeness (QED) is 0.534. The van der Waals surface area contributed by atoms with Gasteiger partial charge >= 0.3 is 0 Å². The van der Waals surface area contributed by atoms with E-state index < -0.39 is 10.1 Å². The number of nitrogens with one attached hydrogen (secondary N) is 1. The van der Waals surface area contributed by atoms with Crippen molar-refractivity contribution in [2.75, 3.05) is 18.6 Å². The van der Waals surface area contributed by atoms with E-state index in [-0.39, 0.29) is 0 Å². The molecule has 0 radical (unpaired) electrons. The third kappa shape index (κ3) is 1.92. The Balaban J connectivity index is 3.79. The van der Waals surface area contributed by atoms with E-state index in [4.69, 9.17) is 0 Å². The molecule has 0 rings (SSSR count). The highest BCUT2D eigenvalue weighted by atomic mass is 32.3. The first-order chi connectivity index (χ1) is 3.68. The molecule has 0 heterocycles. The second-order valence-corrected chi connectivity index (χ2v) is 5.24. The second kappa shape index (κ2) is 3.20. The highest BCUT2D eigenvalue weighted by Crippen LogP contribution is 1.94. The van der Waals surface area contributed by atoms with Gasteiger partial charge in [0.15, 0.2) is 0 Å². The van der Waals surface area contributed by atoms with Gasteiger partial charge in [-0.1, -0.05) is 24.0 Å². The largest absolute Gasteiger partial charge is 0.271 e. The fraction of sp³-hybridized carbons (Fsp3) is 1.00. The maximum atomic E-state index is 11.2. The molecule has 0 atom stereocenters. The highest BCUT2D eigenvalue weighted by Gasteiger charge is 2.03. The molecule has 0 saturated carbocycles. The summed E-state index contributed by atoms with van der Waals surface area (Å²) < 4.78 is 14.0. The molecule has 0 unspecified atom stereocenters. The third-order valence-electron chi connectivity index (χ3n) is 1.43. The van der Waals surface area contributed by atoms with E-state index in [0.717, 1.165) is 11.5 Å². The smallest absolute Gasteiger partial charge is 0.00992 e. The van der Waals surface area contributed by atoms with E-state index in [9.17, 15) is 4.21 Å². The maximum absolute atomic E-state index is 11.2. The van der Waals surface area contributed by atoms with Crippen molar-refractivity contribution in [1.29, 1.82) is 0 Å². The van der Waals surface area contributed by atoms with Crippen LogP contribution in [-0.4, -0.2) is 22.8 Å². The Morgan fingerprint density at radius 3 is 1.75 bits per heavy atom. The molecule has 52 valence electrons. The van der Waals surface area contributed by atoms with Crippen LogP contribution in [0.4, 0.5) is 0 Å². The summed E-state index contributed by atoms with van der Waals surface area (Å²) in [5, 5.41) is 0. The molecule has 0 spiro atoms. The molecule has 0 fully saturated rings. The van der Waals surface area contributed by atoms with E-state index in [0.29, 0.717) is 0 Å². The van der Waals surface area contributed by atoms with Crippen LogP contribution in [0.3, 0.4) is 0 Å². The molecule has 1 N–H and O–H groups in total. The van der Waals surface area contributed by atoms with Crippen LogP contribution in [0.2, 0.25) is 0 Å². The van der Waals surface area contributed by atoms with Gasteiger partial charge in [0.2, 0.25) is 0 Å². The number of hydrogen-bond donors (Lipinski definition) is 2. The van der Waals surface area contributed by atoms with Crippen molar-refractivity contribution in [2.45, 2.75) is 13.8 Å². The van der Waals surface area contributed by atoms with Gasteiger partial charge in [-0.25, -0.2) is 0 Å². The van der Waals surface area contributed by atoms with Gasteiger partial charge in [0, 0.05) is 11.5 Å². The third-order valence-corrected chi connectivity index (χ3v) is 4.29. The van der Waals surface area contributed by atoms with E-state index in [1.54, 1.807) is 7.05 Å². The van der Waals surface area contributed by atoms with Crippen molar-refractivity contribution >= 4 is 10.1 Å². The summed E-state index contributed by atoms with van der Waals surface area (Å²) in [6, 6.07) is 0. The maximum Gasteiger partial charge on any atom is 0.00992 e. The number of thiol groups is 1. The van der Waals surface area contributed by atoms with Gasteiger partial charge in [-0.05, 0) is 7.05 Å². The number of rotatable bonds is 3. The summed E-state index contributed by atoms with van der Waals surface area (Å²) in [6.45, 7) is 3.89. The zero-order chi connectivity index (χ0) is 6.62. The van der Waals surface area contributed by atoms with Crippen molar-refractivity contribution in [1.82, 2.24) is 4.72 Å². The molecule has 0 aromatic carbocycles. The summed E-state index contributed by atoms with van der Waals surface area (Å²) in [7, 11) is -0.154. The van der Waals surface area contributed by atoms with Crippen molar-refractivity contribution in [3.8, 4) is 0 Å². The lowest BCUT2D eigenvalue weighted by molar-refractivity contribution is 0.665. The second-order valence-electron chi connectivity index (χ2n) is 1.75. The molecular weight excluding hydrogens is 122 g/mol. The number of hydrogen-bond acceptors (Lipinski definition) is 1. The van der Waals surface area contributed by atoms with Crippen LogP contribution >= 0.6 is 0 Å². The van der Waals surface area contributed by atoms with Gasteiger partial charge in [-0.3, -0.25) is 8.93 Å². The lowest BCUT2D eigenvalue weighted by Gasteiger charge is -2.18. The van der Waals surface area contributed by atoms with E-state index in [1.165, 1.54) is 0 Å². The van der Waals surface area contributed by atoms with E-state index in [2.05, 4.69) is 4.72 Å². The first kappa shape index (κ1) is 8.11. The average Bonchev–Trinajstić information content (AvgIpc) is 1.87. The van der Waals surface area contributed by atoms with Gasteiger partial charge in [-0.15, -0.1) is 0 Å². The minimum atomic E-state index is -1.91. The Morgan fingerprint density at radius 1 is 1.38 bits per heavy atom. The molecular formula is C5H15NOS. The minimum Gasteiger partial charge on any atom is -0.271 e. The average molecular weight is 137 g/mol. The van der Waals surface area contributed by atoms with Crippen molar-refractivity contribution in [3.63, 3.8) is 0 Å². The van der Waals surface area contributed by atoms with Gasteiger partial charge in [-0.2, -0.15) is 0 Å². The molecule has 8 heavy (non-hydrogen) atoms. The molecule has 0 saturated heterocycles. The lowest BCUT2D eigenvalue weighted by Crippen LogP contribution is -2.31. The van der Waals surface area contributed by atoms with Crippen LogP contribution in [0.5, 0.6) is 0 Å². The molecule has 0 aromatic rings. The van der Waals surface area contributed by atoms with Gasteiger partial charge < -0.3 is 0 Å². The zero-order valence-corrected chi connectivity index (χ0v) is 6.66. The standard InChI is InChI=1S/C5H15NOS/c1-4-8(7,5-2)6-3/h8H,4-5H2,1-3H3,(H,6,7). The molecule has 0 aliphatic rings. The Hall–Kier alpha value is 0.110. The molecule has 0 aromatic heterocycles. The predicted molar refractivity (Wildman–Crippen MR) is 39.7 cm³/mol. The fourth-order valence-corrected chi connectivity index (χ4v) is 1.62. The minimum absolute atomic E-state index is 0.764. The normalized spacial score (nSPS) is 13.9. The monoisotopic (exact) mass is 137 g/mol. The van der Waals surface area contributed by atoms with Crippen LogP contribution < -0.4 is 4.72 Å². The van der Waals surface area contributed by atoms with E-state index in [1.807, 2.05) is 13.8 Å². The first-order valence-corrected chi connectivity index (χ1v) is 5.03. The summed E-state index contributed by atoms with van der Waals surface area (Å²) in [5.41, 5.74) is 0. The Kier molecular flexibility index (Phi) is 3.24. The summed E-state index contributed by atoms with van der Waals surface area (Å²) in [4.78, 5) is 0. The molecule has 0 aliphatic heterocycles. The van der Waals surface area contributed by atoms with Gasteiger partial charge in [0.1, 0.15) is 0 Å². The molecule has 2 nitrogen and oxygen atoms in total. The highest BCUT2D eigenvalue weighted by molar-refractivity contribution is 8.01.